The maximum absolute atomic E-state index is 11.8. The van der Waals surface area contributed by atoms with Crippen LogP contribution in [0.4, 0.5) is 10.5 Å². The first-order chi connectivity index (χ1) is 9.25. The molecule has 0 saturated heterocycles. The van der Waals surface area contributed by atoms with Gasteiger partial charge in [0.05, 0.1) is 0 Å². The molecule has 1 saturated carbocycles. The van der Waals surface area contributed by atoms with Crippen LogP contribution in [0.25, 0.3) is 0 Å². The van der Waals surface area contributed by atoms with E-state index in [0.29, 0.717) is 0 Å². The van der Waals surface area contributed by atoms with Gasteiger partial charge in [0.15, 0.2) is 0 Å². The topological polar surface area (TPSA) is 41.1 Å². The quantitative estimate of drug-likeness (QED) is 0.841. The summed E-state index contributed by atoms with van der Waals surface area (Å²) >= 11 is 0. The minimum Gasteiger partial charge on any atom is -0.338 e. The standard InChI is InChI=1S/C16H24N2O/c1-13-7-5-6-10-15(13)18-16(19)17-12-11-14-8-3-2-4-9-14/h5-7,10,14H,2-4,8-9,11-12H2,1H3,(H2,17,18,19). The second kappa shape index (κ2) is 7.17. The smallest absolute Gasteiger partial charge is 0.319 e. The van der Waals surface area contributed by atoms with E-state index in [9.17, 15) is 4.79 Å². The number of amides is 2. The number of para-hydroxylation sites is 1. The number of nitrogens with one attached hydrogen (secondary N) is 2. The molecule has 0 atom stereocenters. The van der Waals surface area contributed by atoms with Crippen LogP contribution < -0.4 is 10.6 Å². The van der Waals surface area contributed by atoms with Crippen molar-refractivity contribution in [3.05, 3.63) is 29.8 Å². The van der Waals surface area contributed by atoms with Crippen LogP contribution in [0.1, 0.15) is 44.1 Å². The Labute approximate surface area is 115 Å². The normalized spacial score (nSPS) is 16.1. The van der Waals surface area contributed by atoms with E-state index in [-0.39, 0.29) is 6.03 Å². The molecule has 1 aromatic carbocycles. The van der Waals surface area contributed by atoms with Crippen molar-refractivity contribution in [2.24, 2.45) is 5.92 Å². The van der Waals surface area contributed by atoms with Crippen LogP contribution in [-0.4, -0.2) is 12.6 Å². The lowest BCUT2D eigenvalue weighted by atomic mass is 9.87. The molecule has 104 valence electrons. The first-order valence-corrected chi connectivity index (χ1v) is 7.36. The Hall–Kier alpha value is -1.51. The Bertz CT molecular complexity index is 411. The van der Waals surface area contributed by atoms with Gasteiger partial charge in [-0.2, -0.15) is 0 Å². The van der Waals surface area contributed by atoms with Crippen molar-refractivity contribution < 1.29 is 4.79 Å². The highest BCUT2D eigenvalue weighted by atomic mass is 16.2. The average molecular weight is 260 g/mol. The molecule has 1 aliphatic carbocycles. The second-order valence-corrected chi connectivity index (χ2v) is 5.49. The lowest BCUT2D eigenvalue weighted by Gasteiger charge is -2.21. The van der Waals surface area contributed by atoms with Crippen LogP contribution >= 0.6 is 0 Å². The summed E-state index contributed by atoms with van der Waals surface area (Å²) in [4.78, 5) is 11.8. The molecule has 2 amide bonds. The van der Waals surface area contributed by atoms with Crippen molar-refractivity contribution in [3.63, 3.8) is 0 Å². The van der Waals surface area contributed by atoms with E-state index in [1.165, 1.54) is 32.1 Å². The van der Waals surface area contributed by atoms with E-state index in [0.717, 1.165) is 30.1 Å². The fourth-order valence-corrected chi connectivity index (χ4v) is 2.75. The van der Waals surface area contributed by atoms with Crippen LogP contribution in [0.2, 0.25) is 0 Å². The SMILES string of the molecule is Cc1ccccc1NC(=O)NCCC1CCCCC1. The largest absolute Gasteiger partial charge is 0.338 e. The van der Waals surface area contributed by atoms with Crippen LogP contribution in [0.15, 0.2) is 24.3 Å². The Morgan fingerprint density at radius 3 is 2.68 bits per heavy atom. The van der Waals surface area contributed by atoms with Gasteiger partial charge in [0.2, 0.25) is 0 Å². The molecule has 1 aromatic rings. The van der Waals surface area contributed by atoms with Crippen molar-refractivity contribution in [2.45, 2.75) is 45.4 Å². The zero-order valence-electron chi connectivity index (χ0n) is 11.7. The molecule has 19 heavy (non-hydrogen) atoms. The monoisotopic (exact) mass is 260 g/mol. The predicted molar refractivity (Wildman–Crippen MR) is 79.4 cm³/mol. The zero-order chi connectivity index (χ0) is 13.5. The molecule has 2 rings (SSSR count). The van der Waals surface area contributed by atoms with E-state index in [4.69, 9.17) is 0 Å². The summed E-state index contributed by atoms with van der Waals surface area (Å²) in [5, 5.41) is 5.85. The van der Waals surface area contributed by atoms with E-state index in [2.05, 4.69) is 10.6 Å². The van der Waals surface area contributed by atoms with Crippen molar-refractivity contribution in [1.29, 1.82) is 0 Å². The van der Waals surface area contributed by atoms with Gasteiger partial charge in [0, 0.05) is 12.2 Å². The first kappa shape index (κ1) is 13.9. The number of hydrogen-bond acceptors (Lipinski definition) is 1. The van der Waals surface area contributed by atoms with Gasteiger partial charge in [-0.15, -0.1) is 0 Å². The Morgan fingerprint density at radius 2 is 1.95 bits per heavy atom. The first-order valence-electron chi connectivity index (χ1n) is 7.36. The van der Waals surface area contributed by atoms with Gasteiger partial charge in [-0.05, 0) is 30.9 Å². The summed E-state index contributed by atoms with van der Waals surface area (Å²) in [5.74, 6) is 0.813. The lowest BCUT2D eigenvalue weighted by Crippen LogP contribution is -2.31. The number of benzene rings is 1. The summed E-state index contributed by atoms with van der Waals surface area (Å²) in [6.45, 7) is 2.78. The molecule has 3 heteroatoms. The molecule has 2 N–H and O–H groups in total. The number of anilines is 1. The summed E-state index contributed by atoms with van der Waals surface area (Å²) < 4.78 is 0. The molecule has 0 unspecified atom stereocenters. The molecule has 0 spiro atoms. The molecule has 0 heterocycles. The maximum Gasteiger partial charge on any atom is 0.319 e. The van der Waals surface area contributed by atoms with E-state index >= 15 is 0 Å². The molecule has 1 fully saturated rings. The third-order valence-corrected chi connectivity index (χ3v) is 3.96. The summed E-state index contributed by atoms with van der Waals surface area (Å²) in [6.07, 6.45) is 7.89. The van der Waals surface area contributed by atoms with Crippen molar-refractivity contribution in [2.75, 3.05) is 11.9 Å². The van der Waals surface area contributed by atoms with Gasteiger partial charge in [-0.3, -0.25) is 0 Å². The van der Waals surface area contributed by atoms with Gasteiger partial charge in [0.25, 0.3) is 0 Å². The number of hydrogen-bond donors (Lipinski definition) is 2. The molecule has 0 aromatic heterocycles. The van der Waals surface area contributed by atoms with E-state index < -0.39 is 0 Å². The molecule has 1 aliphatic rings. The molecule has 0 radical (unpaired) electrons. The fraction of sp³-hybridized carbons (Fsp3) is 0.562. The predicted octanol–water partition coefficient (Wildman–Crippen LogP) is 4.09. The van der Waals surface area contributed by atoms with Crippen molar-refractivity contribution in [3.8, 4) is 0 Å². The third kappa shape index (κ3) is 4.58. The summed E-state index contributed by atoms with van der Waals surface area (Å²) in [7, 11) is 0. The number of carbonyl (C=O) groups is 1. The molecule has 0 bridgehead atoms. The molecule has 0 aliphatic heterocycles. The summed E-state index contributed by atoms with van der Waals surface area (Å²) in [6, 6.07) is 7.74. The van der Waals surface area contributed by atoms with Crippen LogP contribution in [0, 0.1) is 12.8 Å². The number of aryl methyl sites for hydroxylation is 1. The molecule has 3 nitrogen and oxygen atoms in total. The van der Waals surface area contributed by atoms with Gasteiger partial charge in [-0.25, -0.2) is 4.79 Å². The highest BCUT2D eigenvalue weighted by Crippen LogP contribution is 2.25. The Kier molecular flexibility index (Phi) is 5.25. The highest BCUT2D eigenvalue weighted by Gasteiger charge is 2.13. The van der Waals surface area contributed by atoms with Crippen LogP contribution in [-0.2, 0) is 0 Å². The zero-order valence-corrected chi connectivity index (χ0v) is 11.7. The Balaban J connectivity index is 1.68. The van der Waals surface area contributed by atoms with Gasteiger partial charge in [0.1, 0.15) is 0 Å². The Morgan fingerprint density at radius 1 is 1.21 bits per heavy atom. The summed E-state index contributed by atoms with van der Waals surface area (Å²) in [5.41, 5.74) is 1.97. The van der Waals surface area contributed by atoms with Gasteiger partial charge >= 0.3 is 6.03 Å². The number of urea groups is 1. The maximum atomic E-state index is 11.8. The second-order valence-electron chi connectivity index (χ2n) is 5.49. The van der Waals surface area contributed by atoms with E-state index in [1.54, 1.807) is 0 Å². The average Bonchev–Trinajstić information content (AvgIpc) is 2.43. The van der Waals surface area contributed by atoms with Gasteiger partial charge < -0.3 is 10.6 Å². The van der Waals surface area contributed by atoms with Crippen LogP contribution in [0.3, 0.4) is 0 Å². The fourth-order valence-electron chi connectivity index (χ4n) is 2.75. The lowest BCUT2D eigenvalue weighted by molar-refractivity contribution is 0.250. The number of rotatable bonds is 4. The van der Waals surface area contributed by atoms with Gasteiger partial charge in [-0.1, -0.05) is 50.3 Å². The van der Waals surface area contributed by atoms with Crippen molar-refractivity contribution in [1.82, 2.24) is 5.32 Å². The van der Waals surface area contributed by atoms with E-state index in [1.807, 2.05) is 31.2 Å². The molecular weight excluding hydrogens is 236 g/mol. The molecular formula is C16H24N2O. The minimum atomic E-state index is -0.0925. The number of carbonyl (C=O) groups excluding carboxylic acids is 1. The highest BCUT2D eigenvalue weighted by molar-refractivity contribution is 5.89. The van der Waals surface area contributed by atoms with Crippen LogP contribution in [0.5, 0.6) is 0 Å². The third-order valence-electron chi connectivity index (χ3n) is 3.96. The van der Waals surface area contributed by atoms with Crippen molar-refractivity contribution >= 4 is 11.7 Å². The minimum absolute atomic E-state index is 0.0925.